The van der Waals surface area contributed by atoms with Crippen LogP contribution < -0.4 is 10.6 Å². The third-order valence-electron chi connectivity index (χ3n) is 3.22. The molecule has 0 spiro atoms. The number of unbranched alkanes of at least 4 members (excludes halogenated alkanes) is 1. The lowest BCUT2D eigenvalue weighted by molar-refractivity contribution is 0.0487. The van der Waals surface area contributed by atoms with E-state index in [0.29, 0.717) is 32.9 Å². The summed E-state index contributed by atoms with van der Waals surface area (Å²) in [6.45, 7) is 9.08. The van der Waals surface area contributed by atoms with E-state index in [1.54, 1.807) is 6.20 Å². The highest BCUT2D eigenvalue weighted by Gasteiger charge is 2.00. The molecule has 0 radical (unpaired) electrons. The Hall–Kier alpha value is -1.60. The van der Waals surface area contributed by atoms with Crippen LogP contribution >= 0.6 is 0 Å². The van der Waals surface area contributed by atoms with Gasteiger partial charge in [0.1, 0.15) is 0 Å². The molecule has 7 heteroatoms. The number of rotatable bonds is 12. The maximum atomic E-state index is 5.53. The molecular weight excluding hydrogens is 294 g/mol. The lowest BCUT2D eigenvalue weighted by Gasteiger charge is -2.11. The minimum absolute atomic E-state index is 0.595. The van der Waals surface area contributed by atoms with E-state index < -0.39 is 0 Å². The van der Waals surface area contributed by atoms with Gasteiger partial charge in [-0.2, -0.15) is 5.10 Å². The first-order valence-electron chi connectivity index (χ1n) is 8.42. The van der Waals surface area contributed by atoms with Gasteiger partial charge in [0.15, 0.2) is 5.96 Å². The third kappa shape index (κ3) is 9.20. The van der Waals surface area contributed by atoms with Gasteiger partial charge in [-0.15, -0.1) is 0 Å². The van der Waals surface area contributed by atoms with Crippen LogP contribution in [-0.2, 0) is 23.1 Å². The quantitative estimate of drug-likeness (QED) is 0.344. The lowest BCUT2D eigenvalue weighted by Crippen LogP contribution is -2.39. The van der Waals surface area contributed by atoms with E-state index in [9.17, 15) is 0 Å². The molecule has 23 heavy (non-hydrogen) atoms. The second-order valence-electron chi connectivity index (χ2n) is 5.15. The van der Waals surface area contributed by atoms with Crippen LogP contribution in [0.1, 0.15) is 32.4 Å². The van der Waals surface area contributed by atoms with E-state index in [2.05, 4.69) is 27.6 Å². The number of ether oxygens (including phenoxy) is 2. The molecule has 0 fully saturated rings. The van der Waals surface area contributed by atoms with Crippen LogP contribution in [0.4, 0.5) is 0 Å². The van der Waals surface area contributed by atoms with Crippen LogP contribution in [0.2, 0.25) is 0 Å². The smallest absolute Gasteiger partial charge is 0.191 e. The molecule has 1 aromatic rings. The number of nitrogens with one attached hydrogen (secondary N) is 2. The Bertz CT molecular complexity index is 434. The van der Waals surface area contributed by atoms with Crippen molar-refractivity contribution in [2.24, 2.45) is 12.0 Å². The summed E-state index contributed by atoms with van der Waals surface area (Å²) in [5.41, 5.74) is 1.07. The summed E-state index contributed by atoms with van der Waals surface area (Å²) >= 11 is 0. The number of hydrogen-bond donors (Lipinski definition) is 2. The van der Waals surface area contributed by atoms with Gasteiger partial charge in [0, 0.05) is 32.9 Å². The van der Waals surface area contributed by atoms with Gasteiger partial charge >= 0.3 is 0 Å². The van der Waals surface area contributed by atoms with E-state index in [-0.39, 0.29) is 0 Å². The van der Waals surface area contributed by atoms with Gasteiger partial charge in [-0.1, -0.05) is 13.3 Å². The van der Waals surface area contributed by atoms with Crippen molar-refractivity contribution in [1.29, 1.82) is 0 Å². The van der Waals surface area contributed by atoms with Crippen molar-refractivity contribution in [1.82, 2.24) is 20.4 Å². The van der Waals surface area contributed by atoms with Gasteiger partial charge < -0.3 is 20.1 Å². The zero-order valence-electron chi connectivity index (χ0n) is 14.7. The molecule has 0 unspecified atom stereocenters. The predicted octanol–water partition coefficient (Wildman–Crippen LogP) is 1.31. The Morgan fingerprint density at radius 1 is 1.17 bits per heavy atom. The van der Waals surface area contributed by atoms with Crippen molar-refractivity contribution in [2.75, 3.05) is 39.5 Å². The van der Waals surface area contributed by atoms with Crippen molar-refractivity contribution in [3.63, 3.8) is 0 Å². The standard InChI is InChI=1S/C16H31N5O2/c1-4-6-10-22-12-13-23-11-9-18-16(17-5-2)19-14-15-7-8-20-21(15)3/h7-8H,4-6,9-14H2,1-3H3,(H2,17,18,19). The number of aryl methyl sites for hydroxylation is 1. The molecule has 0 amide bonds. The molecule has 0 saturated heterocycles. The fourth-order valence-corrected chi connectivity index (χ4v) is 1.87. The minimum atomic E-state index is 0.595. The summed E-state index contributed by atoms with van der Waals surface area (Å²) in [5.74, 6) is 0.788. The van der Waals surface area contributed by atoms with Crippen LogP contribution in [0.3, 0.4) is 0 Å². The topological polar surface area (TPSA) is 72.7 Å². The Balaban J connectivity index is 2.14. The van der Waals surface area contributed by atoms with E-state index in [1.807, 2.05) is 24.7 Å². The fraction of sp³-hybridized carbons (Fsp3) is 0.750. The summed E-state index contributed by atoms with van der Waals surface area (Å²) in [5, 5.41) is 10.6. The van der Waals surface area contributed by atoms with E-state index in [0.717, 1.165) is 37.6 Å². The largest absolute Gasteiger partial charge is 0.379 e. The summed E-state index contributed by atoms with van der Waals surface area (Å²) in [6, 6.07) is 1.97. The minimum Gasteiger partial charge on any atom is -0.379 e. The summed E-state index contributed by atoms with van der Waals surface area (Å²) < 4.78 is 12.8. The highest BCUT2D eigenvalue weighted by atomic mass is 16.5. The zero-order chi connectivity index (χ0) is 16.8. The van der Waals surface area contributed by atoms with Crippen LogP contribution in [0.15, 0.2) is 17.3 Å². The van der Waals surface area contributed by atoms with Crippen molar-refractivity contribution in [3.8, 4) is 0 Å². The van der Waals surface area contributed by atoms with Crippen molar-refractivity contribution < 1.29 is 9.47 Å². The van der Waals surface area contributed by atoms with E-state index in [4.69, 9.17) is 9.47 Å². The Labute approximate surface area is 139 Å². The third-order valence-corrected chi connectivity index (χ3v) is 3.22. The molecule has 0 atom stereocenters. The number of hydrogen-bond acceptors (Lipinski definition) is 4. The molecule has 0 aliphatic heterocycles. The fourth-order valence-electron chi connectivity index (χ4n) is 1.87. The van der Waals surface area contributed by atoms with Crippen molar-refractivity contribution in [2.45, 2.75) is 33.2 Å². The molecule has 1 aromatic heterocycles. The number of aromatic nitrogens is 2. The van der Waals surface area contributed by atoms with Gasteiger partial charge in [-0.05, 0) is 19.4 Å². The summed E-state index contributed by atoms with van der Waals surface area (Å²) in [7, 11) is 1.92. The Morgan fingerprint density at radius 2 is 1.96 bits per heavy atom. The molecule has 0 aromatic carbocycles. The van der Waals surface area contributed by atoms with Crippen molar-refractivity contribution >= 4 is 5.96 Å². The van der Waals surface area contributed by atoms with Crippen molar-refractivity contribution in [3.05, 3.63) is 18.0 Å². The summed E-state index contributed by atoms with van der Waals surface area (Å²) in [6.07, 6.45) is 4.05. The lowest BCUT2D eigenvalue weighted by atomic mass is 10.4. The number of guanidine groups is 1. The molecule has 0 bridgehead atoms. The molecule has 1 heterocycles. The first-order valence-corrected chi connectivity index (χ1v) is 8.42. The second-order valence-corrected chi connectivity index (χ2v) is 5.15. The van der Waals surface area contributed by atoms with Crippen LogP contribution in [-0.4, -0.2) is 55.3 Å². The Kier molecular flexibility index (Phi) is 10.9. The second kappa shape index (κ2) is 12.9. The van der Waals surface area contributed by atoms with E-state index in [1.165, 1.54) is 0 Å². The molecule has 0 aliphatic rings. The molecule has 2 N–H and O–H groups in total. The molecule has 0 saturated carbocycles. The highest BCUT2D eigenvalue weighted by molar-refractivity contribution is 5.79. The average Bonchev–Trinajstić information content (AvgIpc) is 2.96. The monoisotopic (exact) mass is 325 g/mol. The van der Waals surface area contributed by atoms with Gasteiger partial charge in [0.25, 0.3) is 0 Å². The number of nitrogens with zero attached hydrogens (tertiary/aromatic N) is 3. The number of aliphatic imine (C=N–C) groups is 1. The Morgan fingerprint density at radius 3 is 2.61 bits per heavy atom. The first kappa shape index (κ1) is 19.4. The van der Waals surface area contributed by atoms with Gasteiger partial charge in [0.2, 0.25) is 0 Å². The summed E-state index contributed by atoms with van der Waals surface area (Å²) in [4.78, 5) is 4.54. The normalized spacial score (nSPS) is 11.7. The molecule has 0 aliphatic carbocycles. The van der Waals surface area contributed by atoms with Crippen LogP contribution in [0.5, 0.6) is 0 Å². The molecular formula is C16H31N5O2. The molecule has 7 nitrogen and oxygen atoms in total. The predicted molar refractivity (Wildman–Crippen MR) is 92.6 cm³/mol. The maximum absolute atomic E-state index is 5.53. The SMILES string of the molecule is CCCCOCCOCCNC(=NCc1ccnn1C)NCC. The maximum Gasteiger partial charge on any atom is 0.191 e. The molecule has 1 rings (SSSR count). The van der Waals surface area contributed by atoms with Gasteiger partial charge in [-0.3, -0.25) is 4.68 Å². The molecule has 132 valence electrons. The first-order chi connectivity index (χ1) is 11.3. The zero-order valence-corrected chi connectivity index (χ0v) is 14.7. The van der Waals surface area contributed by atoms with Crippen LogP contribution in [0, 0.1) is 0 Å². The average molecular weight is 325 g/mol. The van der Waals surface area contributed by atoms with Crippen LogP contribution in [0.25, 0.3) is 0 Å². The van der Waals surface area contributed by atoms with E-state index >= 15 is 0 Å². The van der Waals surface area contributed by atoms with Gasteiger partial charge in [-0.25, -0.2) is 4.99 Å². The van der Waals surface area contributed by atoms with Gasteiger partial charge in [0.05, 0.1) is 32.1 Å². The highest BCUT2D eigenvalue weighted by Crippen LogP contribution is 1.97.